The van der Waals surface area contributed by atoms with Gasteiger partial charge in [-0.15, -0.1) is 0 Å². The fourth-order valence-electron chi connectivity index (χ4n) is 1.89. The zero-order valence-electron chi connectivity index (χ0n) is 14.7. The van der Waals surface area contributed by atoms with Crippen molar-refractivity contribution < 1.29 is 23.5 Å². The highest BCUT2D eigenvalue weighted by molar-refractivity contribution is 5.86. The maximum atomic E-state index is 12.9. The third-order valence-electron chi connectivity index (χ3n) is 3.10. The van der Waals surface area contributed by atoms with Crippen molar-refractivity contribution in [3.63, 3.8) is 0 Å². The zero-order chi connectivity index (χ0) is 18.3. The minimum Gasteiger partial charge on any atom is -0.444 e. The molecule has 0 unspecified atom stereocenters. The highest BCUT2D eigenvalue weighted by Crippen LogP contribution is 2.10. The fourth-order valence-corrected chi connectivity index (χ4v) is 1.89. The Bertz CT molecular complexity index is 555. The molecule has 0 saturated carbocycles. The van der Waals surface area contributed by atoms with E-state index in [4.69, 9.17) is 9.47 Å². The second-order valence-electron chi connectivity index (χ2n) is 6.38. The van der Waals surface area contributed by atoms with E-state index >= 15 is 0 Å². The van der Waals surface area contributed by atoms with Crippen molar-refractivity contribution >= 4 is 12.0 Å². The lowest BCUT2D eigenvalue weighted by molar-refractivity contribution is -0.126. The van der Waals surface area contributed by atoms with Gasteiger partial charge < -0.3 is 20.1 Å². The first-order chi connectivity index (χ1) is 11.1. The molecule has 134 valence electrons. The number of alkyl carbamates (subject to hydrolysis) is 1. The summed E-state index contributed by atoms with van der Waals surface area (Å²) in [5, 5.41) is 4.99. The summed E-state index contributed by atoms with van der Waals surface area (Å²) in [6.07, 6.45) is -1.31. The molecule has 0 heterocycles. The third kappa shape index (κ3) is 6.95. The van der Waals surface area contributed by atoms with Gasteiger partial charge in [0.25, 0.3) is 0 Å². The van der Waals surface area contributed by atoms with Crippen LogP contribution in [0.25, 0.3) is 0 Å². The van der Waals surface area contributed by atoms with Crippen LogP contribution in [0.3, 0.4) is 0 Å². The van der Waals surface area contributed by atoms with Crippen LogP contribution in [0.4, 0.5) is 9.18 Å². The Hall–Kier alpha value is -2.15. The summed E-state index contributed by atoms with van der Waals surface area (Å²) in [5.74, 6) is -0.728. The number of ether oxygens (including phenoxy) is 2. The molecule has 1 aromatic carbocycles. The molecule has 7 heteroatoms. The van der Waals surface area contributed by atoms with Gasteiger partial charge in [-0.3, -0.25) is 4.79 Å². The molecule has 0 aliphatic rings. The normalized spacial score (nSPS) is 13.8. The quantitative estimate of drug-likeness (QED) is 0.833. The predicted molar refractivity (Wildman–Crippen MR) is 87.9 cm³/mol. The largest absolute Gasteiger partial charge is 0.444 e. The van der Waals surface area contributed by atoms with E-state index in [-0.39, 0.29) is 12.4 Å². The molecular formula is C17H25FN2O4. The van der Waals surface area contributed by atoms with Crippen LogP contribution in [0.2, 0.25) is 0 Å². The Labute approximate surface area is 141 Å². The van der Waals surface area contributed by atoms with Crippen LogP contribution < -0.4 is 10.6 Å². The third-order valence-corrected chi connectivity index (χ3v) is 3.10. The lowest BCUT2D eigenvalue weighted by Crippen LogP contribution is -2.53. The fraction of sp³-hybridized carbons (Fsp3) is 0.529. The lowest BCUT2D eigenvalue weighted by Gasteiger charge is -2.26. The van der Waals surface area contributed by atoms with Crippen LogP contribution in [0.5, 0.6) is 0 Å². The second-order valence-corrected chi connectivity index (χ2v) is 6.38. The molecule has 0 saturated heterocycles. The first-order valence-electron chi connectivity index (χ1n) is 7.69. The van der Waals surface area contributed by atoms with E-state index in [1.54, 1.807) is 39.8 Å². The average molecular weight is 340 g/mol. The van der Waals surface area contributed by atoms with Crippen molar-refractivity contribution in [2.24, 2.45) is 0 Å². The number of amides is 2. The number of hydrogen-bond acceptors (Lipinski definition) is 4. The molecule has 0 spiro atoms. The van der Waals surface area contributed by atoms with Gasteiger partial charge in [0.05, 0.1) is 12.7 Å². The lowest BCUT2D eigenvalue weighted by atomic mass is 10.1. The van der Waals surface area contributed by atoms with E-state index in [0.29, 0.717) is 0 Å². The summed E-state index contributed by atoms with van der Waals surface area (Å²) in [5.41, 5.74) is 0.0892. The number of carbonyl (C=O) groups is 2. The van der Waals surface area contributed by atoms with E-state index in [1.807, 2.05) is 0 Å². The predicted octanol–water partition coefficient (Wildman–Crippen LogP) is 2.37. The monoisotopic (exact) mass is 340 g/mol. The maximum Gasteiger partial charge on any atom is 0.408 e. The summed E-state index contributed by atoms with van der Waals surface area (Å²) in [6.45, 7) is 7.05. The average Bonchev–Trinajstić information content (AvgIpc) is 2.49. The van der Waals surface area contributed by atoms with Gasteiger partial charge in [-0.2, -0.15) is 0 Å². The van der Waals surface area contributed by atoms with E-state index in [9.17, 15) is 14.0 Å². The van der Waals surface area contributed by atoms with Crippen LogP contribution in [0.15, 0.2) is 24.3 Å². The topological polar surface area (TPSA) is 76.7 Å². The summed E-state index contributed by atoms with van der Waals surface area (Å²) < 4.78 is 23.7. The van der Waals surface area contributed by atoms with Crippen molar-refractivity contribution in [2.45, 2.75) is 52.0 Å². The second kappa shape index (κ2) is 8.63. The molecule has 2 atom stereocenters. The summed E-state index contributed by atoms with van der Waals surface area (Å²) >= 11 is 0. The van der Waals surface area contributed by atoms with E-state index < -0.39 is 29.7 Å². The minimum absolute atomic E-state index is 0.185. The van der Waals surface area contributed by atoms with Gasteiger partial charge >= 0.3 is 6.09 Å². The summed E-state index contributed by atoms with van der Waals surface area (Å²) in [6, 6.07) is 4.94. The Kier molecular flexibility index (Phi) is 7.16. The highest BCUT2D eigenvalue weighted by atomic mass is 19.1. The van der Waals surface area contributed by atoms with Crippen LogP contribution in [0.1, 0.15) is 33.3 Å². The molecule has 0 aliphatic heterocycles. The first-order valence-corrected chi connectivity index (χ1v) is 7.69. The maximum absolute atomic E-state index is 12.9. The number of rotatable bonds is 6. The van der Waals surface area contributed by atoms with Gasteiger partial charge in [0, 0.05) is 7.05 Å². The standard InChI is InChI=1S/C17H25FN2O4/c1-11(23-10-12-6-8-13(18)9-7-12)14(15(21)19-5)20-16(22)24-17(2,3)4/h6-9,11,14H,10H2,1-5H3,(H,19,21)(H,20,22)/t11-,14+/m1/s1. The molecular weight excluding hydrogens is 315 g/mol. The SMILES string of the molecule is CNC(=O)[C@@H](NC(=O)OC(C)(C)C)[C@@H](C)OCc1ccc(F)cc1. The molecule has 0 radical (unpaired) electrons. The Morgan fingerprint density at radius 3 is 2.29 bits per heavy atom. The van der Waals surface area contributed by atoms with Gasteiger partial charge in [-0.05, 0) is 45.4 Å². The van der Waals surface area contributed by atoms with Crippen molar-refractivity contribution in [3.8, 4) is 0 Å². The van der Waals surface area contributed by atoms with Crippen LogP contribution >= 0.6 is 0 Å². The van der Waals surface area contributed by atoms with E-state index in [0.717, 1.165) is 5.56 Å². The van der Waals surface area contributed by atoms with Crippen molar-refractivity contribution in [2.75, 3.05) is 7.05 Å². The molecule has 0 fully saturated rings. The van der Waals surface area contributed by atoms with Crippen LogP contribution in [-0.4, -0.2) is 36.8 Å². The summed E-state index contributed by atoms with van der Waals surface area (Å²) in [4.78, 5) is 23.9. The van der Waals surface area contributed by atoms with Gasteiger partial charge in [0.15, 0.2) is 0 Å². The number of hydrogen-bond donors (Lipinski definition) is 2. The minimum atomic E-state index is -0.912. The van der Waals surface area contributed by atoms with Crippen molar-refractivity contribution in [1.82, 2.24) is 10.6 Å². The molecule has 0 aliphatic carbocycles. The molecule has 1 rings (SSSR count). The van der Waals surface area contributed by atoms with Crippen molar-refractivity contribution in [1.29, 1.82) is 0 Å². The smallest absolute Gasteiger partial charge is 0.408 e. The van der Waals surface area contributed by atoms with Gasteiger partial charge in [0.1, 0.15) is 17.5 Å². The highest BCUT2D eigenvalue weighted by Gasteiger charge is 2.29. The molecule has 2 N–H and O–H groups in total. The number of likely N-dealkylation sites (N-methyl/N-ethyl adjacent to an activating group) is 1. The number of nitrogens with one attached hydrogen (secondary N) is 2. The summed E-state index contributed by atoms with van der Waals surface area (Å²) in [7, 11) is 1.47. The number of halogens is 1. The molecule has 0 aromatic heterocycles. The van der Waals surface area contributed by atoms with Crippen LogP contribution in [0, 0.1) is 5.82 Å². The molecule has 2 amide bonds. The Morgan fingerprint density at radius 1 is 1.21 bits per heavy atom. The number of benzene rings is 1. The molecule has 1 aromatic rings. The molecule has 24 heavy (non-hydrogen) atoms. The van der Waals surface area contributed by atoms with E-state index in [2.05, 4.69) is 10.6 Å². The van der Waals surface area contributed by atoms with Gasteiger partial charge in [-0.1, -0.05) is 12.1 Å². The molecule has 6 nitrogen and oxygen atoms in total. The van der Waals surface area contributed by atoms with Crippen molar-refractivity contribution in [3.05, 3.63) is 35.6 Å². The van der Waals surface area contributed by atoms with Gasteiger partial charge in [0.2, 0.25) is 5.91 Å². The Balaban J connectivity index is 2.67. The first kappa shape index (κ1) is 19.9. The number of carbonyl (C=O) groups excluding carboxylic acids is 2. The zero-order valence-corrected chi connectivity index (χ0v) is 14.7. The molecule has 0 bridgehead atoms. The Morgan fingerprint density at radius 2 is 1.79 bits per heavy atom. The van der Waals surface area contributed by atoms with Gasteiger partial charge in [-0.25, -0.2) is 9.18 Å². The van der Waals surface area contributed by atoms with Crippen LogP contribution in [-0.2, 0) is 20.9 Å². The van der Waals surface area contributed by atoms with E-state index in [1.165, 1.54) is 19.2 Å².